The van der Waals surface area contributed by atoms with Gasteiger partial charge in [-0.05, 0) is 44.0 Å². The first-order valence-electron chi connectivity index (χ1n) is 8.21. The number of aliphatic hydroxyl groups excluding tert-OH is 1. The molecule has 1 amide bonds. The number of carbonyl (C=O) groups is 1. The number of nitrogens with one attached hydrogen (secondary N) is 1. The first-order valence-corrected chi connectivity index (χ1v) is 8.21. The minimum Gasteiger partial charge on any atom is -0.387 e. The lowest BCUT2D eigenvalue weighted by Crippen LogP contribution is -2.28. The number of hydrogen-bond donors (Lipinski definition) is 2. The topological polar surface area (TPSA) is 75.1 Å². The summed E-state index contributed by atoms with van der Waals surface area (Å²) in [6, 6.07) is 9.24. The third-order valence-electron chi connectivity index (χ3n) is 4.40. The van der Waals surface area contributed by atoms with Gasteiger partial charge in [0, 0.05) is 35.6 Å². The number of pyridine rings is 2. The number of carbonyl (C=O) groups excluding carboxylic acids is 1. The van der Waals surface area contributed by atoms with Crippen LogP contribution in [0.3, 0.4) is 0 Å². The summed E-state index contributed by atoms with van der Waals surface area (Å²) in [6.07, 6.45) is 2.44. The van der Waals surface area contributed by atoms with Crippen molar-refractivity contribution in [2.45, 2.75) is 26.9 Å². The second-order valence-electron chi connectivity index (χ2n) is 6.23. The van der Waals surface area contributed by atoms with Crippen LogP contribution in [0.1, 0.15) is 38.8 Å². The fourth-order valence-corrected chi connectivity index (χ4v) is 2.82. The highest BCUT2D eigenvalue weighted by Crippen LogP contribution is 2.24. The molecule has 0 aliphatic carbocycles. The summed E-state index contributed by atoms with van der Waals surface area (Å²) >= 11 is 0. The van der Waals surface area contributed by atoms with E-state index in [1.165, 1.54) is 0 Å². The normalized spacial score (nSPS) is 12.2. The lowest BCUT2D eigenvalue weighted by Gasteiger charge is -2.14. The van der Waals surface area contributed by atoms with Crippen LogP contribution in [0.2, 0.25) is 0 Å². The Morgan fingerprint density at radius 1 is 1.24 bits per heavy atom. The van der Waals surface area contributed by atoms with Crippen molar-refractivity contribution in [3.8, 4) is 0 Å². The second kappa shape index (κ2) is 6.99. The van der Waals surface area contributed by atoms with Gasteiger partial charge in [-0.25, -0.2) is 0 Å². The molecule has 2 N–H and O–H groups in total. The predicted octanol–water partition coefficient (Wildman–Crippen LogP) is 3.02. The number of aliphatic hydroxyl groups is 1. The molecule has 2 heterocycles. The summed E-state index contributed by atoms with van der Waals surface area (Å²) in [5, 5.41) is 13.8. The van der Waals surface area contributed by atoms with E-state index in [2.05, 4.69) is 15.3 Å². The maximum Gasteiger partial charge on any atom is 0.252 e. The summed E-state index contributed by atoms with van der Waals surface area (Å²) in [7, 11) is 0. The number of aromatic nitrogens is 2. The van der Waals surface area contributed by atoms with Gasteiger partial charge in [-0.15, -0.1) is 0 Å². The largest absolute Gasteiger partial charge is 0.387 e. The van der Waals surface area contributed by atoms with E-state index in [-0.39, 0.29) is 12.5 Å². The van der Waals surface area contributed by atoms with E-state index in [4.69, 9.17) is 0 Å². The molecule has 0 saturated heterocycles. The highest BCUT2D eigenvalue weighted by atomic mass is 16.3. The Kier molecular flexibility index (Phi) is 4.76. The van der Waals surface area contributed by atoms with Crippen LogP contribution in [0.4, 0.5) is 0 Å². The molecular formula is C20H21N3O2. The van der Waals surface area contributed by atoms with Crippen molar-refractivity contribution in [1.82, 2.24) is 15.3 Å². The lowest BCUT2D eigenvalue weighted by molar-refractivity contribution is 0.0917. The molecule has 0 fully saturated rings. The zero-order valence-electron chi connectivity index (χ0n) is 14.6. The fourth-order valence-electron chi connectivity index (χ4n) is 2.82. The van der Waals surface area contributed by atoms with Gasteiger partial charge in [0.1, 0.15) is 0 Å². The summed E-state index contributed by atoms with van der Waals surface area (Å²) < 4.78 is 0. The van der Waals surface area contributed by atoms with Gasteiger partial charge in [-0.2, -0.15) is 0 Å². The molecule has 5 heteroatoms. The number of rotatable bonds is 4. The molecule has 0 saturated carbocycles. The van der Waals surface area contributed by atoms with Gasteiger partial charge >= 0.3 is 0 Å². The number of amides is 1. The van der Waals surface area contributed by atoms with Crippen molar-refractivity contribution in [3.05, 3.63) is 70.7 Å². The molecule has 1 aromatic carbocycles. The van der Waals surface area contributed by atoms with E-state index < -0.39 is 6.10 Å². The summed E-state index contributed by atoms with van der Waals surface area (Å²) in [6.45, 7) is 6.04. The molecule has 128 valence electrons. The smallest absolute Gasteiger partial charge is 0.252 e. The van der Waals surface area contributed by atoms with Gasteiger partial charge in [0.15, 0.2) is 0 Å². The molecule has 0 aliphatic heterocycles. The molecule has 3 aromatic rings. The third-order valence-corrected chi connectivity index (χ3v) is 4.40. The van der Waals surface area contributed by atoms with Gasteiger partial charge in [-0.3, -0.25) is 14.8 Å². The van der Waals surface area contributed by atoms with Crippen molar-refractivity contribution in [3.63, 3.8) is 0 Å². The Morgan fingerprint density at radius 3 is 2.76 bits per heavy atom. The Labute approximate surface area is 146 Å². The fraction of sp³-hybridized carbons (Fsp3) is 0.250. The minimum absolute atomic E-state index is 0.123. The van der Waals surface area contributed by atoms with Gasteiger partial charge < -0.3 is 10.4 Å². The second-order valence-corrected chi connectivity index (χ2v) is 6.23. The first kappa shape index (κ1) is 17.0. The molecule has 0 radical (unpaired) electrons. The zero-order valence-corrected chi connectivity index (χ0v) is 14.6. The van der Waals surface area contributed by atoms with Crippen molar-refractivity contribution >= 4 is 16.8 Å². The zero-order chi connectivity index (χ0) is 18.0. The highest BCUT2D eigenvalue weighted by Gasteiger charge is 2.15. The van der Waals surface area contributed by atoms with Crippen molar-refractivity contribution in [2.75, 3.05) is 6.54 Å². The average molecular weight is 335 g/mol. The van der Waals surface area contributed by atoms with Gasteiger partial charge in [0.2, 0.25) is 0 Å². The van der Waals surface area contributed by atoms with E-state index in [9.17, 15) is 9.90 Å². The van der Waals surface area contributed by atoms with Crippen LogP contribution < -0.4 is 5.32 Å². The molecule has 3 rings (SSSR count). The molecule has 0 unspecified atom stereocenters. The number of aryl methyl sites for hydroxylation is 3. The van der Waals surface area contributed by atoms with Crippen LogP contribution in [-0.2, 0) is 0 Å². The van der Waals surface area contributed by atoms with E-state index >= 15 is 0 Å². The standard InChI is InChI=1S/C20H21N3O2/c1-12-6-7-16-17(9-13(2)23-19(16)14(12)3)20(25)22-11-18(24)15-5-4-8-21-10-15/h4-10,18,24H,11H2,1-3H3,(H,22,25)/t18-/m1/s1. The van der Waals surface area contributed by atoms with E-state index in [0.29, 0.717) is 11.1 Å². The third kappa shape index (κ3) is 3.51. The SMILES string of the molecule is Cc1cc(C(=O)NC[C@@H](O)c2cccnc2)c2ccc(C)c(C)c2n1. The summed E-state index contributed by atoms with van der Waals surface area (Å²) in [5.41, 5.74) is 5.10. The minimum atomic E-state index is -0.796. The van der Waals surface area contributed by atoms with Crippen molar-refractivity contribution in [1.29, 1.82) is 0 Å². The van der Waals surface area contributed by atoms with Crippen LogP contribution in [0.5, 0.6) is 0 Å². The number of hydrogen-bond acceptors (Lipinski definition) is 4. The number of nitrogens with zero attached hydrogens (tertiary/aromatic N) is 2. The van der Waals surface area contributed by atoms with Crippen LogP contribution in [0.25, 0.3) is 10.9 Å². The van der Waals surface area contributed by atoms with E-state index in [1.807, 2.05) is 32.9 Å². The Balaban J connectivity index is 1.86. The molecule has 2 aromatic heterocycles. The predicted molar refractivity (Wildman–Crippen MR) is 97.5 cm³/mol. The van der Waals surface area contributed by atoms with Gasteiger partial charge in [0.05, 0.1) is 17.2 Å². The quantitative estimate of drug-likeness (QED) is 0.768. The Morgan fingerprint density at radius 2 is 2.04 bits per heavy atom. The molecule has 1 atom stereocenters. The maximum absolute atomic E-state index is 12.7. The van der Waals surface area contributed by atoms with Crippen LogP contribution in [-0.4, -0.2) is 27.5 Å². The van der Waals surface area contributed by atoms with E-state index in [1.54, 1.807) is 30.6 Å². The summed E-state index contributed by atoms with van der Waals surface area (Å²) in [5.74, 6) is -0.221. The van der Waals surface area contributed by atoms with Crippen molar-refractivity contribution in [2.24, 2.45) is 0 Å². The molecule has 25 heavy (non-hydrogen) atoms. The Hall–Kier alpha value is -2.79. The molecule has 5 nitrogen and oxygen atoms in total. The van der Waals surface area contributed by atoms with Gasteiger partial charge in [0.25, 0.3) is 5.91 Å². The maximum atomic E-state index is 12.7. The number of fused-ring (bicyclic) bond motifs is 1. The monoisotopic (exact) mass is 335 g/mol. The Bertz CT molecular complexity index is 923. The lowest BCUT2D eigenvalue weighted by atomic mass is 10.0. The van der Waals surface area contributed by atoms with Crippen LogP contribution in [0.15, 0.2) is 42.7 Å². The van der Waals surface area contributed by atoms with Crippen LogP contribution in [0, 0.1) is 20.8 Å². The first-order chi connectivity index (χ1) is 12.0. The number of benzene rings is 1. The molecule has 0 bridgehead atoms. The molecular weight excluding hydrogens is 314 g/mol. The average Bonchev–Trinajstić information content (AvgIpc) is 2.63. The molecule has 0 spiro atoms. The van der Waals surface area contributed by atoms with E-state index in [0.717, 1.165) is 27.7 Å². The van der Waals surface area contributed by atoms with Crippen LogP contribution >= 0.6 is 0 Å². The summed E-state index contributed by atoms with van der Waals surface area (Å²) in [4.78, 5) is 21.2. The van der Waals surface area contributed by atoms with Gasteiger partial charge in [-0.1, -0.05) is 18.2 Å². The van der Waals surface area contributed by atoms with Crippen molar-refractivity contribution < 1.29 is 9.90 Å². The molecule has 0 aliphatic rings. The highest BCUT2D eigenvalue weighted by molar-refractivity contribution is 6.07.